The van der Waals surface area contributed by atoms with Crippen LogP contribution in [0, 0.1) is 0 Å². The van der Waals surface area contributed by atoms with Crippen LogP contribution in [0.15, 0.2) is 70.1 Å². The van der Waals surface area contributed by atoms with Crippen molar-refractivity contribution < 1.29 is 10.0 Å². The van der Waals surface area contributed by atoms with Crippen LogP contribution in [0.3, 0.4) is 0 Å². The molecule has 0 aliphatic rings. The van der Waals surface area contributed by atoms with Crippen LogP contribution in [0.5, 0.6) is 0 Å². The average Bonchev–Trinajstić information content (AvgIpc) is 3.46. The van der Waals surface area contributed by atoms with E-state index >= 15 is 0 Å². The Morgan fingerprint density at radius 1 is 0.593 bits per heavy atom. The number of hydrogen-bond donors (Lipinski definition) is 2. The third-order valence-electron chi connectivity index (χ3n) is 4.87. The highest BCUT2D eigenvalue weighted by molar-refractivity contribution is 7.25. The number of fused-ring (bicyclic) bond motifs is 3. The molecule has 0 aliphatic heterocycles. The fraction of sp³-hybridized carbons (Fsp3) is 0. The molecule has 0 radical (unpaired) electrons. The predicted molar refractivity (Wildman–Crippen MR) is 122 cm³/mol. The van der Waals surface area contributed by atoms with E-state index in [1.54, 1.807) is 34.0 Å². The molecule has 27 heavy (non-hydrogen) atoms. The molecule has 2 nitrogen and oxygen atoms in total. The van der Waals surface area contributed by atoms with Crippen molar-refractivity contribution in [2.24, 2.45) is 0 Å². The summed E-state index contributed by atoms with van der Waals surface area (Å²) in [6, 6.07) is 16.2. The second-order valence-electron chi connectivity index (χ2n) is 6.53. The summed E-state index contributed by atoms with van der Waals surface area (Å²) in [5, 5.41) is 31.6. The summed E-state index contributed by atoms with van der Waals surface area (Å²) >= 11 is 4.92. The van der Waals surface area contributed by atoms with Gasteiger partial charge in [0, 0.05) is 9.40 Å². The van der Waals surface area contributed by atoms with Crippen molar-refractivity contribution in [3.63, 3.8) is 0 Å². The molecule has 0 fully saturated rings. The highest BCUT2D eigenvalue weighted by atomic mass is 32.1. The molecule has 0 amide bonds. The Morgan fingerprint density at radius 3 is 1.48 bits per heavy atom. The summed E-state index contributed by atoms with van der Waals surface area (Å²) < 4.78 is 2.38. The van der Waals surface area contributed by atoms with E-state index in [-0.39, 0.29) is 0 Å². The summed E-state index contributed by atoms with van der Waals surface area (Å²) in [4.78, 5) is 0. The van der Waals surface area contributed by atoms with Crippen LogP contribution in [0.2, 0.25) is 0 Å². The molecule has 3 aromatic heterocycles. The highest BCUT2D eigenvalue weighted by Gasteiger charge is 2.21. The Labute approximate surface area is 169 Å². The molecule has 0 saturated heterocycles. The summed E-state index contributed by atoms with van der Waals surface area (Å²) in [7, 11) is 0. The largest absolute Gasteiger partial charge is 0.443 e. The first-order valence-electron chi connectivity index (χ1n) is 8.57. The predicted octanol–water partition coefficient (Wildman–Crippen LogP) is 2.37. The summed E-state index contributed by atoms with van der Waals surface area (Å²) in [6.07, 6.45) is 0. The quantitative estimate of drug-likeness (QED) is 0.452. The minimum absolute atomic E-state index is 0.616. The van der Waals surface area contributed by atoms with Gasteiger partial charge in [0.15, 0.2) is 0 Å². The van der Waals surface area contributed by atoms with Gasteiger partial charge < -0.3 is 10.0 Å². The lowest BCUT2D eigenvalue weighted by Gasteiger charge is -2.07. The van der Waals surface area contributed by atoms with Gasteiger partial charge in [-0.2, -0.15) is 22.7 Å². The standard InChI is InChI=1S/C20H14B2O2S3/c23-21(15-5-7-25-11-15)13-1-3-19-17(9-13)18-10-14(2-4-20(18)27-19)22(24)16-6-8-26-12-16/h1-12,23-24H. The second-order valence-corrected chi connectivity index (χ2v) is 9.18. The van der Waals surface area contributed by atoms with Crippen LogP contribution in [0.4, 0.5) is 0 Å². The minimum atomic E-state index is -0.616. The van der Waals surface area contributed by atoms with Crippen LogP contribution in [-0.4, -0.2) is 23.9 Å². The first-order chi connectivity index (χ1) is 13.2. The van der Waals surface area contributed by atoms with Crippen LogP contribution in [-0.2, 0) is 0 Å². The number of benzene rings is 2. The van der Waals surface area contributed by atoms with Gasteiger partial charge in [0.2, 0.25) is 0 Å². The maximum atomic E-state index is 10.7. The lowest BCUT2D eigenvalue weighted by atomic mass is 9.56. The lowest BCUT2D eigenvalue weighted by Crippen LogP contribution is -2.41. The van der Waals surface area contributed by atoms with Gasteiger partial charge in [0.25, 0.3) is 0 Å². The second kappa shape index (κ2) is 6.93. The molecule has 0 saturated carbocycles. The maximum Gasteiger partial charge on any atom is 0.359 e. The lowest BCUT2D eigenvalue weighted by molar-refractivity contribution is 0.599. The zero-order valence-corrected chi connectivity index (χ0v) is 16.7. The van der Waals surface area contributed by atoms with E-state index in [9.17, 15) is 10.0 Å². The van der Waals surface area contributed by atoms with Crippen LogP contribution >= 0.6 is 34.0 Å². The molecule has 0 aliphatic carbocycles. The first kappa shape index (κ1) is 17.2. The zero-order chi connectivity index (χ0) is 18.4. The van der Waals surface area contributed by atoms with Gasteiger partial charge in [-0.05, 0) is 66.3 Å². The van der Waals surface area contributed by atoms with Gasteiger partial charge in [0.05, 0.1) is 0 Å². The minimum Gasteiger partial charge on any atom is -0.443 e. The van der Waals surface area contributed by atoms with Crippen molar-refractivity contribution in [1.29, 1.82) is 0 Å². The van der Waals surface area contributed by atoms with Gasteiger partial charge in [-0.25, -0.2) is 0 Å². The third kappa shape index (κ3) is 3.06. The SMILES string of the molecule is OB(c1ccsc1)c1ccc2sc3ccc(B(O)c4ccsc4)cc3c2c1. The van der Waals surface area contributed by atoms with Crippen molar-refractivity contribution in [2.75, 3.05) is 0 Å². The zero-order valence-electron chi connectivity index (χ0n) is 14.2. The van der Waals surface area contributed by atoms with E-state index in [4.69, 9.17) is 0 Å². The maximum absolute atomic E-state index is 10.7. The molecule has 3 heterocycles. The average molecular weight is 404 g/mol. The van der Waals surface area contributed by atoms with Crippen LogP contribution < -0.4 is 21.9 Å². The fourth-order valence-corrected chi connectivity index (χ4v) is 5.82. The monoisotopic (exact) mass is 404 g/mol. The van der Waals surface area contributed by atoms with E-state index in [1.165, 1.54) is 9.40 Å². The molecule has 2 aromatic carbocycles. The molecule has 0 bridgehead atoms. The van der Waals surface area contributed by atoms with Gasteiger partial charge in [-0.1, -0.05) is 36.4 Å². The van der Waals surface area contributed by atoms with E-state index in [0.29, 0.717) is 0 Å². The normalized spacial score (nSPS) is 11.3. The molecule has 5 aromatic rings. The van der Waals surface area contributed by atoms with Crippen LogP contribution in [0.1, 0.15) is 0 Å². The summed E-state index contributed by atoms with van der Waals surface area (Å²) in [6.45, 7) is -1.23. The molecule has 0 spiro atoms. The van der Waals surface area contributed by atoms with Gasteiger partial charge in [0.1, 0.15) is 0 Å². The van der Waals surface area contributed by atoms with E-state index in [2.05, 4.69) is 24.3 Å². The number of hydrogen-bond acceptors (Lipinski definition) is 5. The van der Waals surface area contributed by atoms with Crippen LogP contribution in [0.25, 0.3) is 20.2 Å². The van der Waals surface area contributed by atoms with Gasteiger partial charge in [-0.3, -0.25) is 0 Å². The van der Waals surface area contributed by atoms with Crippen molar-refractivity contribution in [3.8, 4) is 0 Å². The van der Waals surface area contributed by atoms with Gasteiger partial charge >= 0.3 is 13.8 Å². The molecule has 130 valence electrons. The van der Waals surface area contributed by atoms with Crippen molar-refractivity contribution in [2.45, 2.75) is 0 Å². The molecule has 2 N–H and O–H groups in total. The Hall–Kier alpha value is -1.89. The Balaban J connectivity index is 1.62. The number of rotatable bonds is 4. The molecule has 5 rings (SSSR count). The van der Waals surface area contributed by atoms with Gasteiger partial charge in [-0.15, -0.1) is 11.3 Å². The Bertz CT molecular complexity index is 1120. The Kier molecular flexibility index (Phi) is 4.42. The summed E-state index contributed by atoms with van der Waals surface area (Å²) in [5.41, 5.74) is 3.63. The highest BCUT2D eigenvalue weighted by Crippen LogP contribution is 2.32. The first-order valence-corrected chi connectivity index (χ1v) is 11.3. The third-order valence-corrected chi connectivity index (χ3v) is 7.42. The van der Waals surface area contributed by atoms with Crippen molar-refractivity contribution >= 4 is 89.9 Å². The summed E-state index contributed by atoms with van der Waals surface area (Å²) in [5.74, 6) is 0. The molecule has 0 atom stereocenters. The molecular weight excluding hydrogens is 390 g/mol. The fourth-order valence-electron chi connectivity index (χ4n) is 3.40. The van der Waals surface area contributed by atoms with E-state index in [0.717, 1.165) is 32.6 Å². The van der Waals surface area contributed by atoms with E-state index in [1.807, 2.05) is 45.8 Å². The molecule has 7 heteroatoms. The Morgan fingerprint density at radius 2 is 1.07 bits per heavy atom. The van der Waals surface area contributed by atoms with Crippen molar-refractivity contribution in [1.82, 2.24) is 0 Å². The molecule has 0 unspecified atom stereocenters. The van der Waals surface area contributed by atoms with E-state index < -0.39 is 13.8 Å². The van der Waals surface area contributed by atoms with Crippen molar-refractivity contribution in [3.05, 3.63) is 70.1 Å². The smallest absolute Gasteiger partial charge is 0.359 e. The topological polar surface area (TPSA) is 40.5 Å². The number of thiophene rings is 3. The molecular formula is C20H14B2O2S3.